The smallest absolute Gasteiger partial charge is 0.409 e. The summed E-state index contributed by atoms with van der Waals surface area (Å²) < 4.78 is 11.0. The predicted octanol–water partition coefficient (Wildman–Crippen LogP) is 3.42. The van der Waals surface area contributed by atoms with Crippen molar-refractivity contribution >= 4 is 12.0 Å². The van der Waals surface area contributed by atoms with E-state index in [0.717, 1.165) is 18.8 Å². The van der Waals surface area contributed by atoms with Crippen LogP contribution in [0.4, 0.5) is 4.79 Å². The Morgan fingerprint density at radius 3 is 2.37 bits per heavy atom. The number of benzene rings is 1. The Hall–Kier alpha value is -2.24. The van der Waals surface area contributed by atoms with Crippen molar-refractivity contribution in [2.75, 3.05) is 39.4 Å². The first-order chi connectivity index (χ1) is 13.0. The van der Waals surface area contributed by atoms with Gasteiger partial charge in [0.05, 0.1) is 13.2 Å². The first-order valence-electron chi connectivity index (χ1n) is 9.97. The fraction of sp³-hybridized carbons (Fsp3) is 0.619. The third-order valence-electron chi connectivity index (χ3n) is 4.87. The molecule has 0 radical (unpaired) electrons. The average molecular weight is 374 g/mol. The molecule has 1 saturated carbocycles. The third-order valence-corrected chi connectivity index (χ3v) is 4.87. The molecule has 1 aromatic carbocycles. The standard InChI is InChI=1S/C21H30N2O4/c1-16(2)14-27-21(25)23-11-3-10-22(12-13-23)20(24)18-6-8-19(9-7-18)26-15-17-4-5-17/h6-9,16-17H,3-5,10-15H2,1-2H3. The molecular weight excluding hydrogens is 344 g/mol. The zero-order chi connectivity index (χ0) is 19.2. The molecule has 148 valence electrons. The first-order valence-corrected chi connectivity index (χ1v) is 9.97. The summed E-state index contributed by atoms with van der Waals surface area (Å²) in [4.78, 5) is 28.4. The maximum atomic E-state index is 12.8. The molecule has 0 spiro atoms. The zero-order valence-corrected chi connectivity index (χ0v) is 16.4. The normalized spacial score (nSPS) is 17.6. The molecule has 3 rings (SSSR count). The maximum Gasteiger partial charge on any atom is 0.409 e. The van der Waals surface area contributed by atoms with Gasteiger partial charge in [-0.1, -0.05) is 13.8 Å². The molecule has 2 aliphatic rings. The average Bonchev–Trinajstić information content (AvgIpc) is 3.50. The van der Waals surface area contributed by atoms with E-state index >= 15 is 0 Å². The molecule has 0 bridgehead atoms. The van der Waals surface area contributed by atoms with Gasteiger partial charge < -0.3 is 19.3 Å². The molecule has 1 aliphatic heterocycles. The monoisotopic (exact) mass is 374 g/mol. The summed E-state index contributed by atoms with van der Waals surface area (Å²) in [6.45, 7) is 7.51. The largest absolute Gasteiger partial charge is 0.493 e. The summed E-state index contributed by atoms with van der Waals surface area (Å²) in [6.07, 6.45) is 2.99. The topological polar surface area (TPSA) is 59.1 Å². The van der Waals surface area contributed by atoms with Gasteiger partial charge in [0.25, 0.3) is 5.91 Å². The molecule has 1 aromatic rings. The Kier molecular flexibility index (Phi) is 6.58. The van der Waals surface area contributed by atoms with Gasteiger partial charge in [-0.25, -0.2) is 4.79 Å². The first kappa shape index (κ1) is 19.5. The summed E-state index contributed by atoms with van der Waals surface area (Å²) in [7, 11) is 0. The molecular formula is C21H30N2O4. The number of amides is 2. The van der Waals surface area contributed by atoms with Gasteiger partial charge in [0.15, 0.2) is 0 Å². The minimum atomic E-state index is -0.282. The van der Waals surface area contributed by atoms with Crippen LogP contribution >= 0.6 is 0 Å². The van der Waals surface area contributed by atoms with E-state index < -0.39 is 0 Å². The molecule has 6 heteroatoms. The second-order valence-corrected chi connectivity index (χ2v) is 7.88. The van der Waals surface area contributed by atoms with Crippen LogP contribution in [0, 0.1) is 11.8 Å². The van der Waals surface area contributed by atoms with E-state index in [1.165, 1.54) is 12.8 Å². The van der Waals surface area contributed by atoms with Crippen molar-refractivity contribution in [3.63, 3.8) is 0 Å². The lowest BCUT2D eigenvalue weighted by atomic mass is 10.2. The van der Waals surface area contributed by atoms with Crippen molar-refractivity contribution in [3.8, 4) is 5.75 Å². The van der Waals surface area contributed by atoms with Crippen LogP contribution in [0.1, 0.15) is 43.5 Å². The minimum absolute atomic E-state index is 0.00106. The Labute approximate surface area is 161 Å². The van der Waals surface area contributed by atoms with Gasteiger partial charge in [-0.15, -0.1) is 0 Å². The molecule has 1 aliphatic carbocycles. The van der Waals surface area contributed by atoms with E-state index in [-0.39, 0.29) is 12.0 Å². The number of hydrogen-bond donors (Lipinski definition) is 0. The number of carbonyl (C=O) groups is 2. The number of carbonyl (C=O) groups excluding carboxylic acids is 2. The third kappa shape index (κ3) is 5.88. The van der Waals surface area contributed by atoms with Crippen LogP contribution in [0.25, 0.3) is 0 Å². The van der Waals surface area contributed by atoms with Crippen LogP contribution in [0.5, 0.6) is 5.75 Å². The van der Waals surface area contributed by atoms with Crippen LogP contribution in [0.2, 0.25) is 0 Å². The lowest BCUT2D eigenvalue weighted by Gasteiger charge is -2.22. The molecule has 0 aromatic heterocycles. The maximum absolute atomic E-state index is 12.8. The van der Waals surface area contributed by atoms with E-state index in [2.05, 4.69) is 0 Å². The van der Waals surface area contributed by atoms with Gasteiger partial charge in [0, 0.05) is 31.7 Å². The lowest BCUT2D eigenvalue weighted by molar-refractivity contribution is 0.0746. The van der Waals surface area contributed by atoms with E-state index in [9.17, 15) is 9.59 Å². The highest BCUT2D eigenvalue weighted by Gasteiger charge is 2.24. The van der Waals surface area contributed by atoms with Crippen molar-refractivity contribution < 1.29 is 19.1 Å². The Morgan fingerprint density at radius 2 is 1.70 bits per heavy atom. The molecule has 1 saturated heterocycles. The number of ether oxygens (including phenoxy) is 2. The van der Waals surface area contributed by atoms with Gasteiger partial charge >= 0.3 is 6.09 Å². The molecule has 0 atom stereocenters. The van der Waals surface area contributed by atoms with Gasteiger partial charge in [-0.05, 0) is 55.4 Å². The van der Waals surface area contributed by atoms with Crippen molar-refractivity contribution in [1.82, 2.24) is 9.80 Å². The highest BCUT2D eigenvalue weighted by atomic mass is 16.6. The SMILES string of the molecule is CC(C)COC(=O)N1CCCN(C(=O)c2ccc(OCC3CC3)cc2)CC1. The van der Waals surface area contributed by atoms with Crippen LogP contribution < -0.4 is 4.74 Å². The van der Waals surface area contributed by atoms with Gasteiger partial charge in [-0.3, -0.25) is 4.79 Å². The second kappa shape index (κ2) is 9.11. The molecule has 27 heavy (non-hydrogen) atoms. The van der Waals surface area contributed by atoms with Crippen molar-refractivity contribution in [2.24, 2.45) is 11.8 Å². The molecule has 6 nitrogen and oxygen atoms in total. The van der Waals surface area contributed by atoms with Crippen molar-refractivity contribution in [2.45, 2.75) is 33.1 Å². The number of rotatable bonds is 6. The van der Waals surface area contributed by atoms with Gasteiger partial charge in [0.2, 0.25) is 0 Å². The quantitative estimate of drug-likeness (QED) is 0.766. The fourth-order valence-electron chi connectivity index (χ4n) is 3.01. The minimum Gasteiger partial charge on any atom is -0.493 e. The van der Waals surface area contributed by atoms with E-state index in [0.29, 0.717) is 50.2 Å². The van der Waals surface area contributed by atoms with E-state index in [1.54, 1.807) is 4.90 Å². The number of nitrogens with zero attached hydrogens (tertiary/aromatic N) is 2. The molecule has 2 amide bonds. The highest BCUT2D eigenvalue weighted by Crippen LogP contribution is 2.29. The summed E-state index contributed by atoms with van der Waals surface area (Å²) in [5, 5.41) is 0. The molecule has 2 fully saturated rings. The molecule has 0 unspecified atom stereocenters. The summed E-state index contributed by atoms with van der Waals surface area (Å²) >= 11 is 0. The summed E-state index contributed by atoms with van der Waals surface area (Å²) in [5.74, 6) is 1.84. The van der Waals surface area contributed by atoms with Crippen LogP contribution in [0.15, 0.2) is 24.3 Å². The summed E-state index contributed by atoms with van der Waals surface area (Å²) in [5.41, 5.74) is 0.657. The summed E-state index contributed by atoms with van der Waals surface area (Å²) in [6, 6.07) is 7.38. The number of hydrogen-bond acceptors (Lipinski definition) is 4. The van der Waals surface area contributed by atoms with Crippen LogP contribution in [0.3, 0.4) is 0 Å². The van der Waals surface area contributed by atoms with E-state index in [4.69, 9.17) is 9.47 Å². The fourth-order valence-corrected chi connectivity index (χ4v) is 3.01. The Morgan fingerprint density at radius 1 is 1.04 bits per heavy atom. The highest BCUT2D eigenvalue weighted by molar-refractivity contribution is 5.94. The Bertz CT molecular complexity index is 640. The molecule has 0 N–H and O–H groups in total. The van der Waals surface area contributed by atoms with Crippen molar-refractivity contribution in [1.29, 1.82) is 0 Å². The van der Waals surface area contributed by atoms with Crippen molar-refractivity contribution in [3.05, 3.63) is 29.8 Å². The lowest BCUT2D eigenvalue weighted by Crippen LogP contribution is -2.37. The van der Waals surface area contributed by atoms with Crippen LogP contribution in [-0.2, 0) is 4.74 Å². The zero-order valence-electron chi connectivity index (χ0n) is 16.4. The molecule has 1 heterocycles. The van der Waals surface area contributed by atoms with Gasteiger partial charge in [0.1, 0.15) is 5.75 Å². The van der Waals surface area contributed by atoms with E-state index in [1.807, 2.05) is 43.0 Å². The van der Waals surface area contributed by atoms with Gasteiger partial charge in [-0.2, -0.15) is 0 Å². The predicted molar refractivity (Wildman–Crippen MR) is 103 cm³/mol. The van der Waals surface area contributed by atoms with Crippen LogP contribution in [-0.4, -0.2) is 61.2 Å². The second-order valence-electron chi connectivity index (χ2n) is 7.88. The Balaban J connectivity index is 1.50.